The van der Waals surface area contributed by atoms with E-state index in [4.69, 9.17) is 0 Å². The Bertz CT molecular complexity index is 822. The standard InChI is InChI=1S/C19H21N5OS/c1-2-6-16(14-7-4-3-5-8-14)21-17(25)13-26-19-22-18(23-24-19)15-9-11-20-12-10-15/h3-5,7-12,16H,2,6,13H2,1H3,(H,21,25)(H,22,23,24)/t16-/m0/s1. The van der Waals surface area contributed by atoms with Gasteiger partial charge in [0.15, 0.2) is 5.82 Å². The van der Waals surface area contributed by atoms with E-state index in [0.29, 0.717) is 11.0 Å². The molecule has 26 heavy (non-hydrogen) atoms. The highest BCUT2D eigenvalue weighted by molar-refractivity contribution is 7.99. The van der Waals surface area contributed by atoms with Crippen molar-refractivity contribution >= 4 is 17.7 Å². The molecule has 7 heteroatoms. The lowest BCUT2D eigenvalue weighted by atomic mass is 10.0. The first-order valence-electron chi connectivity index (χ1n) is 8.56. The highest BCUT2D eigenvalue weighted by atomic mass is 32.2. The molecular formula is C19H21N5OS. The van der Waals surface area contributed by atoms with Crippen molar-refractivity contribution < 1.29 is 4.79 Å². The molecule has 6 nitrogen and oxygen atoms in total. The summed E-state index contributed by atoms with van der Waals surface area (Å²) < 4.78 is 0. The van der Waals surface area contributed by atoms with E-state index in [1.165, 1.54) is 11.8 Å². The number of carbonyl (C=O) groups excluding carboxylic acids is 1. The summed E-state index contributed by atoms with van der Waals surface area (Å²) in [5.41, 5.74) is 2.04. The number of aromatic amines is 1. The molecule has 0 aliphatic carbocycles. The Morgan fingerprint density at radius 3 is 2.69 bits per heavy atom. The maximum absolute atomic E-state index is 12.3. The van der Waals surface area contributed by atoms with Crippen LogP contribution in [0, 0.1) is 0 Å². The molecule has 3 aromatic rings. The van der Waals surface area contributed by atoms with Crippen LogP contribution in [0.25, 0.3) is 11.4 Å². The van der Waals surface area contributed by atoms with Crippen molar-refractivity contribution in [1.82, 2.24) is 25.5 Å². The molecule has 3 rings (SSSR count). The fraction of sp³-hybridized carbons (Fsp3) is 0.263. The fourth-order valence-electron chi connectivity index (χ4n) is 2.61. The number of nitrogens with one attached hydrogen (secondary N) is 2. The molecule has 0 fully saturated rings. The molecule has 2 N–H and O–H groups in total. The predicted octanol–water partition coefficient (Wildman–Crippen LogP) is 3.62. The normalized spacial score (nSPS) is 11.9. The van der Waals surface area contributed by atoms with Crippen LogP contribution in [0.3, 0.4) is 0 Å². The van der Waals surface area contributed by atoms with Gasteiger partial charge in [0.1, 0.15) is 0 Å². The lowest BCUT2D eigenvalue weighted by molar-refractivity contribution is -0.119. The van der Waals surface area contributed by atoms with E-state index >= 15 is 0 Å². The molecule has 0 aliphatic heterocycles. The number of pyridine rings is 1. The molecule has 134 valence electrons. The number of hydrogen-bond acceptors (Lipinski definition) is 5. The summed E-state index contributed by atoms with van der Waals surface area (Å²) in [7, 11) is 0. The third-order valence-electron chi connectivity index (χ3n) is 3.87. The molecule has 1 amide bonds. The summed E-state index contributed by atoms with van der Waals surface area (Å²) in [5, 5.41) is 10.7. The third-order valence-corrected chi connectivity index (χ3v) is 4.71. The molecule has 2 heterocycles. The van der Waals surface area contributed by atoms with Crippen molar-refractivity contribution in [2.24, 2.45) is 0 Å². The lowest BCUT2D eigenvalue weighted by Crippen LogP contribution is -2.29. The van der Waals surface area contributed by atoms with E-state index in [9.17, 15) is 4.79 Å². The zero-order chi connectivity index (χ0) is 18.2. The molecule has 0 radical (unpaired) electrons. The summed E-state index contributed by atoms with van der Waals surface area (Å²) >= 11 is 1.32. The number of hydrogen-bond donors (Lipinski definition) is 2. The van der Waals surface area contributed by atoms with Gasteiger partial charge in [0.05, 0.1) is 11.8 Å². The molecule has 0 aliphatic rings. The van der Waals surface area contributed by atoms with Gasteiger partial charge in [-0.2, -0.15) is 0 Å². The summed E-state index contributed by atoms with van der Waals surface area (Å²) in [4.78, 5) is 20.7. The number of thioether (sulfide) groups is 1. The van der Waals surface area contributed by atoms with Crippen LogP contribution in [0.4, 0.5) is 0 Å². The van der Waals surface area contributed by atoms with Gasteiger partial charge in [-0.25, -0.2) is 4.98 Å². The molecule has 0 spiro atoms. The maximum Gasteiger partial charge on any atom is 0.230 e. The quantitative estimate of drug-likeness (QED) is 0.594. The van der Waals surface area contributed by atoms with E-state index in [-0.39, 0.29) is 17.7 Å². The van der Waals surface area contributed by atoms with Crippen molar-refractivity contribution in [3.63, 3.8) is 0 Å². The second kappa shape index (κ2) is 9.15. The van der Waals surface area contributed by atoms with Crippen LogP contribution >= 0.6 is 11.8 Å². The number of amides is 1. The Kier molecular flexibility index (Phi) is 6.38. The van der Waals surface area contributed by atoms with Gasteiger partial charge in [-0.05, 0) is 24.1 Å². The van der Waals surface area contributed by atoms with Crippen LogP contribution < -0.4 is 5.32 Å². The zero-order valence-corrected chi connectivity index (χ0v) is 15.4. The van der Waals surface area contributed by atoms with Crippen LogP contribution in [0.2, 0.25) is 0 Å². The molecule has 0 saturated heterocycles. The minimum absolute atomic E-state index is 0.0208. The number of nitrogens with zero attached hydrogens (tertiary/aromatic N) is 3. The number of benzene rings is 1. The van der Waals surface area contributed by atoms with Gasteiger partial charge < -0.3 is 5.32 Å². The van der Waals surface area contributed by atoms with Gasteiger partial charge in [0.2, 0.25) is 11.1 Å². The Balaban J connectivity index is 1.56. The Morgan fingerprint density at radius 1 is 1.19 bits per heavy atom. The van der Waals surface area contributed by atoms with E-state index in [2.05, 4.69) is 32.4 Å². The van der Waals surface area contributed by atoms with Gasteiger partial charge in [0, 0.05) is 18.0 Å². The second-order valence-electron chi connectivity index (χ2n) is 5.81. The van der Waals surface area contributed by atoms with Crippen LogP contribution in [-0.2, 0) is 4.79 Å². The first-order chi connectivity index (χ1) is 12.8. The van der Waals surface area contributed by atoms with Gasteiger partial charge in [-0.1, -0.05) is 55.4 Å². The van der Waals surface area contributed by atoms with Crippen molar-refractivity contribution in [2.45, 2.75) is 31.0 Å². The highest BCUT2D eigenvalue weighted by Gasteiger charge is 2.15. The van der Waals surface area contributed by atoms with Gasteiger partial charge in [-0.3, -0.25) is 14.9 Å². The first kappa shape index (κ1) is 18.1. The predicted molar refractivity (Wildman–Crippen MR) is 103 cm³/mol. The van der Waals surface area contributed by atoms with Crippen molar-refractivity contribution in [1.29, 1.82) is 0 Å². The van der Waals surface area contributed by atoms with Gasteiger partial charge in [-0.15, -0.1) is 5.10 Å². The van der Waals surface area contributed by atoms with E-state index in [1.54, 1.807) is 12.4 Å². The van der Waals surface area contributed by atoms with Crippen molar-refractivity contribution in [2.75, 3.05) is 5.75 Å². The largest absolute Gasteiger partial charge is 0.349 e. The van der Waals surface area contributed by atoms with E-state index < -0.39 is 0 Å². The number of carbonyl (C=O) groups is 1. The SMILES string of the molecule is CCC[C@H](NC(=O)CSc1n[nH]c(-c2ccncc2)n1)c1ccccc1. The van der Waals surface area contributed by atoms with Crippen molar-refractivity contribution in [3.8, 4) is 11.4 Å². The molecule has 1 atom stereocenters. The maximum atomic E-state index is 12.3. The summed E-state index contributed by atoms with van der Waals surface area (Å²) in [6.45, 7) is 2.12. The Morgan fingerprint density at radius 2 is 1.96 bits per heavy atom. The average Bonchev–Trinajstić information content (AvgIpc) is 3.17. The van der Waals surface area contributed by atoms with Crippen LogP contribution in [-0.4, -0.2) is 31.8 Å². The molecule has 0 saturated carbocycles. The topological polar surface area (TPSA) is 83.6 Å². The summed E-state index contributed by atoms with van der Waals surface area (Å²) in [6, 6.07) is 13.8. The zero-order valence-electron chi connectivity index (χ0n) is 14.6. The smallest absolute Gasteiger partial charge is 0.230 e. The number of rotatable bonds is 8. The first-order valence-corrected chi connectivity index (χ1v) is 9.54. The minimum atomic E-state index is -0.0208. The summed E-state index contributed by atoms with van der Waals surface area (Å²) in [5.74, 6) is 0.928. The third kappa shape index (κ3) is 4.92. The van der Waals surface area contributed by atoms with Crippen LogP contribution in [0.1, 0.15) is 31.4 Å². The molecule has 2 aromatic heterocycles. The molecule has 0 unspecified atom stereocenters. The molecule has 0 bridgehead atoms. The van der Waals surface area contributed by atoms with E-state index in [1.807, 2.05) is 42.5 Å². The number of aromatic nitrogens is 4. The Hall–Kier alpha value is -2.67. The van der Waals surface area contributed by atoms with Gasteiger partial charge in [0.25, 0.3) is 0 Å². The lowest BCUT2D eigenvalue weighted by Gasteiger charge is -2.18. The molecular weight excluding hydrogens is 346 g/mol. The van der Waals surface area contributed by atoms with Gasteiger partial charge >= 0.3 is 0 Å². The van der Waals surface area contributed by atoms with E-state index in [0.717, 1.165) is 24.0 Å². The Labute approximate surface area is 156 Å². The van der Waals surface area contributed by atoms with Crippen LogP contribution in [0.15, 0.2) is 60.0 Å². The minimum Gasteiger partial charge on any atom is -0.349 e. The highest BCUT2D eigenvalue weighted by Crippen LogP contribution is 2.20. The second-order valence-corrected chi connectivity index (χ2v) is 6.75. The number of H-pyrrole nitrogens is 1. The van der Waals surface area contributed by atoms with Crippen molar-refractivity contribution in [3.05, 3.63) is 60.4 Å². The fourth-order valence-corrected chi connectivity index (χ4v) is 3.22. The summed E-state index contributed by atoms with van der Waals surface area (Å²) in [6.07, 6.45) is 5.32. The average molecular weight is 367 g/mol. The molecule has 1 aromatic carbocycles. The monoisotopic (exact) mass is 367 g/mol. The van der Waals surface area contributed by atoms with Crippen LogP contribution in [0.5, 0.6) is 0 Å².